The lowest BCUT2D eigenvalue weighted by Gasteiger charge is -2.26. The number of hydrogen-bond donors (Lipinski definition) is 1. The van der Waals surface area contributed by atoms with Crippen LogP contribution in [0.3, 0.4) is 0 Å². The molecule has 3 rings (SSSR count). The van der Waals surface area contributed by atoms with Crippen molar-refractivity contribution >= 4 is 23.4 Å². The van der Waals surface area contributed by atoms with Gasteiger partial charge in [0, 0.05) is 16.0 Å². The zero-order valence-electron chi connectivity index (χ0n) is 10.6. The van der Waals surface area contributed by atoms with Crippen molar-refractivity contribution in [3.05, 3.63) is 28.8 Å². The van der Waals surface area contributed by atoms with Crippen molar-refractivity contribution in [1.82, 2.24) is 5.32 Å². The summed E-state index contributed by atoms with van der Waals surface area (Å²) in [7, 11) is 0. The Morgan fingerprint density at radius 3 is 3.00 bits per heavy atom. The van der Waals surface area contributed by atoms with E-state index in [9.17, 15) is 0 Å². The molecule has 1 fully saturated rings. The van der Waals surface area contributed by atoms with E-state index in [1.807, 2.05) is 17.8 Å². The summed E-state index contributed by atoms with van der Waals surface area (Å²) < 4.78 is 0. The minimum absolute atomic E-state index is 0.513. The SMILES string of the molecule is Clc1ccc2c(c1)C(NCCCC1CC1)CCS2. The first-order valence-corrected chi connectivity index (χ1v) is 8.35. The lowest BCUT2D eigenvalue weighted by Crippen LogP contribution is -2.25. The van der Waals surface area contributed by atoms with Crippen LogP contribution in [0.15, 0.2) is 23.1 Å². The van der Waals surface area contributed by atoms with E-state index in [4.69, 9.17) is 11.6 Å². The highest BCUT2D eigenvalue weighted by molar-refractivity contribution is 7.99. The van der Waals surface area contributed by atoms with E-state index in [0.29, 0.717) is 6.04 Å². The molecule has 1 heterocycles. The molecule has 1 N–H and O–H groups in total. The minimum atomic E-state index is 0.513. The Kier molecular flexibility index (Phi) is 4.17. The lowest BCUT2D eigenvalue weighted by molar-refractivity contribution is 0.488. The molecule has 0 spiro atoms. The number of rotatable bonds is 5. The van der Waals surface area contributed by atoms with Crippen LogP contribution in [0, 0.1) is 5.92 Å². The van der Waals surface area contributed by atoms with Crippen molar-refractivity contribution in [2.45, 2.75) is 43.0 Å². The summed E-state index contributed by atoms with van der Waals surface area (Å²) in [5.41, 5.74) is 1.41. The van der Waals surface area contributed by atoms with Crippen LogP contribution in [0.2, 0.25) is 5.02 Å². The van der Waals surface area contributed by atoms with Crippen LogP contribution in [-0.2, 0) is 0 Å². The Morgan fingerprint density at radius 2 is 2.17 bits per heavy atom. The fourth-order valence-corrected chi connectivity index (χ4v) is 3.94. The van der Waals surface area contributed by atoms with E-state index in [-0.39, 0.29) is 0 Å². The molecule has 1 nitrogen and oxygen atoms in total. The predicted molar refractivity (Wildman–Crippen MR) is 79.5 cm³/mol. The third-order valence-corrected chi connectivity index (χ3v) is 5.25. The molecule has 0 radical (unpaired) electrons. The topological polar surface area (TPSA) is 12.0 Å². The highest BCUT2D eigenvalue weighted by atomic mass is 35.5. The zero-order chi connectivity index (χ0) is 12.4. The first kappa shape index (κ1) is 12.8. The molecule has 0 amide bonds. The molecule has 18 heavy (non-hydrogen) atoms. The molecular weight excluding hydrogens is 262 g/mol. The highest BCUT2D eigenvalue weighted by Crippen LogP contribution is 2.37. The van der Waals surface area contributed by atoms with Gasteiger partial charge >= 0.3 is 0 Å². The van der Waals surface area contributed by atoms with Crippen LogP contribution in [0.4, 0.5) is 0 Å². The summed E-state index contributed by atoms with van der Waals surface area (Å²) in [6.07, 6.45) is 6.90. The molecule has 98 valence electrons. The van der Waals surface area contributed by atoms with E-state index in [1.165, 1.54) is 48.3 Å². The maximum Gasteiger partial charge on any atom is 0.0410 e. The summed E-state index contributed by atoms with van der Waals surface area (Å²) in [5.74, 6) is 2.27. The van der Waals surface area contributed by atoms with E-state index in [1.54, 1.807) is 0 Å². The normalized spacial score (nSPS) is 22.8. The quantitative estimate of drug-likeness (QED) is 0.788. The number of thioether (sulfide) groups is 1. The van der Waals surface area contributed by atoms with Crippen LogP contribution >= 0.6 is 23.4 Å². The minimum Gasteiger partial charge on any atom is -0.310 e. The average molecular weight is 282 g/mol. The van der Waals surface area contributed by atoms with Gasteiger partial charge in [0.05, 0.1) is 0 Å². The Hall–Kier alpha value is -0.180. The number of fused-ring (bicyclic) bond motifs is 1. The monoisotopic (exact) mass is 281 g/mol. The van der Waals surface area contributed by atoms with Crippen LogP contribution in [0.5, 0.6) is 0 Å². The molecule has 1 aromatic rings. The number of hydrogen-bond acceptors (Lipinski definition) is 2. The fraction of sp³-hybridized carbons (Fsp3) is 0.600. The lowest BCUT2D eigenvalue weighted by atomic mass is 10.0. The third-order valence-electron chi connectivity index (χ3n) is 3.89. The second kappa shape index (κ2) is 5.85. The molecular formula is C15H20ClNS. The van der Waals surface area contributed by atoms with E-state index >= 15 is 0 Å². The standard InChI is InChI=1S/C15H20ClNS/c16-12-5-6-15-13(10-12)14(7-9-18-15)17-8-1-2-11-3-4-11/h5-6,10-11,14,17H,1-4,7-9H2. The van der Waals surface area contributed by atoms with Gasteiger partial charge < -0.3 is 5.32 Å². The Balaban J connectivity index is 1.57. The van der Waals surface area contributed by atoms with E-state index in [2.05, 4.69) is 17.4 Å². The molecule has 2 aliphatic rings. The van der Waals surface area contributed by atoms with Gasteiger partial charge in [-0.1, -0.05) is 24.4 Å². The summed E-state index contributed by atoms with van der Waals surface area (Å²) >= 11 is 8.07. The zero-order valence-corrected chi connectivity index (χ0v) is 12.2. The van der Waals surface area contributed by atoms with Gasteiger partial charge in [-0.05, 0) is 61.2 Å². The van der Waals surface area contributed by atoms with Crippen molar-refractivity contribution < 1.29 is 0 Å². The van der Waals surface area contributed by atoms with Crippen molar-refractivity contribution in [3.8, 4) is 0 Å². The molecule has 1 unspecified atom stereocenters. The van der Waals surface area contributed by atoms with Gasteiger partial charge in [0.2, 0.25) is 0 Å². The number of nitrogens with one attached hydrogen (secondary N) is 1. The largest absolute Gasteiger partial charge is 0.310 e. The molecule has 1 saturated carbocycles. The van der Waals surface area contributed by atoms with Gasteiger partial charge in [-0.3, -0.25) is 0 Å². The van der Waals surface area contributed by atoms with Crippen LogP contribution in [-0.4, -0.2) is 12.3 Å². The van der Waals surface area contributed by atoms with E-state index in [0.717, 1.165) is 17.5 Å². The Bertz CT molecular complexity index is 417. The maximum atomic E-state index is 6.12. The summed E-state index contributed by atoms with van der Waals surface area (Å²) in [5, 5.41) is 4.58. The van der Waals surface area contributed by atoms with Crippen molar-refractivity contribution in [1.29, 1.82) is 0 Å². The van der Waals surface area contributed by atoms with Gasteiger partial charge in [-0.25, -0.2) is 0 Å². The van der Waals surface area contributed by atoms with Gasteiger partial charge in [0.1, 0.15) is 0 Å². The molecule has 1 atom stereocenters. The van der Waals surface area contributed by atoms with E-state index < -0.39 is 0 Å². The predicted octanol–water partition coefficient (Wildman–Crippen LogP) is 4.66. The molecule has 0 aromatic heterocycles. The summed E-state index contributed by atoms with van der Waals surface area (Å²) in [6.45, 7) is 1.15. The first-order valence-electron chi connectivity index (χ1n) is 6.98. The van der Waals surface area contributed by atoms with Gasteiger partial charge in [-0.2, -0.15) is 0 Å². The van der Waals surface area contributed by atoms with Crippen LogP contribution < -0.4 is 5.32 Å². The highest BCUT2D eigenvalue weighted by Gasteiger charge is 2.22. The molecule has 0 saturated heterocycles. The summed E-state index contributed by atoms with van der Waals surface area (Å²) in [4.78, 5) is 1.41. The number of benzene rings is 1. The third kappa shape index (κ3) is 3.23. The second-order valence-electron chi connectivity index (χ2n) is 5.41. The molecule has 1 aromatic carbocycles. The molecule has 3 heteroatoms. The van der Waals surface area contributed by atoms with Crippen molar-refractivity contribution in [2.24, 2.45) is 5.92 Å². The van der Waals surface area contributed by atoms with Crippen LogP contribution in [0.1, 0.15) is 43.7 Å². The Morgan fingerprint density at radius 1 is 1.28 bits per heavy atom. The number of halogens is 1. The van der Waals surface area contributed by atoms with Crippen LogP contribution in [0.25, 0.3) is 0 Å². The Labute approximate surface area is 119 Å². The summed E-state index contributed by atoms with van der Waals surface area (Å²) in [6, 6.07) is 6.82. The molecule has 0 bridgehead atoms. The average Bonchev–Trinajstić information content (AvgIpc) is 3.19. The maximum absolute atomic E-state index is 6.12. The smallest absolute Gasteiger partial charge is 0.0410 e. The fourth-order valence-electron chi connectivity index (χ4n) is 2.65. The van der Waals surface area contributed by atoms with Gasteiger partial charge in [-0.15, -0.1) is 11.8 Å². The molecule has 1 aliphatic carbocycles. The first-order chi connectivity index (χ1) is 8.83. The molecule has 1 aliphatic heterocycles. The van der Waals surface area contributed by atoms with Gasteiger partial charge in [0.15, 0.2) is 0 Å². The van der Waals surface area contributed by atoms with Crippen molar-refractivity contribution in [3.63, 3.8) is 0 Å². The second-order valence-corrected chi connectivity index (χ2v) is 6.98. The van der Waals surface area contributed by atoms with Crippen molar-refractivity contribution in [2.75, 3.05) is 12.3 Å². The van der Waals surface area contributed by atoms with Gasteiger partial charge in [0.25, 0.3) is 0 Å².